The number of carbonyl (C=O) groups is 1. The molecule has 0 aromatic carbocycles. The minimum absolute atomic E-state index is 0.251. The van der Waals surface area contributed by atoms with Gasteiger partial charge in [-0.05, 0) is 30.9 Å². The minimum Gasteiger partial charge on any atom is -0.367 e. The third-order valence-corrected chi connectivity index (χ3v) is 4.74. The van der Waals surface area contributed by atoms with Crippen LogP contribution < -0.4 is 5.32 Å². The molecule has 1 aromatic heterocycles. The highest BCUT2D eigenvalue weighted by molar-refractivity contribution is 5.77. The van der Waals surface area contributed by atoms with Gasteiger partial charge in [0.25, 0.3) is 0 Å². The Morgan fingerprint density at radius 2 is 2.09 bits per heavy atom. The van der Waals surface area contributed by atoms with Crippen LogP contribution in [0.5, 0.6) is 0 Å². The lowest BCUT2D eigenvalue weighted by Crippen LogP contribution is -2.37. The van der Waals surface area contributed by atoms with Crippen LogP contribution in [0.15, 0.2) is 30.5 Å². The maximum atomic E-state index is 12.4. The van der Waals surface area contributed by atoms with Gasteiger partial charge in [-0.25, -0.2) is 4.98 Å². The van der Waals surface area contributed by atoms with Crippen molar-refractivity contribution in [2.45, 2.75) is 38.1 Å². The van der Waals surface area contributed by atoms with E-state index in [0.717, 1.165) is 31.7 Å². The van der Waals surface area contributed by atoms with Crippen molar-refractivity contribution in [1.82, 2.24) is 9.88 Å². The highest BCUT2D eigenvalue weighted by atomic mass is 16.2. The van der Waals surface area contributed by atoms with Crippen LogP contribution in [0.4, 0.5) is 5.82 Å². The SMILES string of the molecule is N#Cc1ccc(N[C@H]2CCCC[C@H]2CC(=O)N2CC=CC2)nc1. The predicted octanol–water partition coefficient (Wildman–Crippen LogP) is 2.71. The highest BCUT2D eigenvalue weighted by Gasteiger charge is 2.29. The van der Waals surface area contributed by atoms with Crippen LogP contribution in [0.3, 0.4) is 0 Å². The van der Waals surface area contributed by atoms with Crippen molar-refractivity contribution in [2.24, 2.45) is 5.92 Å². The summed E-state index contributed by atoms with van der Waals surface area (Å²) < 4.78 is 0. The number of nitrogens with zero attached hydrogens (tertiary/aromatic N) is 3. The number of amides is 1. The molecule has 1 aliphatic heterocycles. The lowest BCUT2D eigenvalue weighted by molar-refractivity contribution is -0.131. The van der Waals surface area contributed by atoms with Crippen LogP contribution in [0.25, 0.3) is 0 Å². The van der Waals surface area contributed by atoms with Crippen LogP contribution in [0, 0.1) is 17.2 Å². The Morgan fingerprint density at radius 1 is 1.30 bits per heavy atom. The lowest BCUT2D eigenvalue weighted by atomic mass is 9.82. The zero-order chi connectivity index (χ0) is 16.1. The Hall–Kier alpha value is -2.35. The van der Waals surface area contributed by atoms with E-state index in [4.69, 9.17) is 5.26 Å². The second kappa shape index (κ2) is 7.28. The summed E-state index contributed by atoms with van der Waals surface area (Å²) in [4.78, 5) is 18.6. The average molecular weight is 310 g/mol. The largest absolute Gasteiger partial charge is 0.367 e. The molecule has 0 saturated heterocycles. The number of anilines is 1. The number of hydrogen-bond donors (Lipinski definition) is 1. The van der Waals surface area contributed by atoms with Crippen molar-refractivity contribution in [1.29, 1.82) is 5.26 Å². The second-order valence-corrected chi connectivity index (χ2v) is 6.31. The van der Waals surface area contributed by atoms with Crippen LogP contribution in [-0.2, 0) is 4.79 Å². The van der Waals surface area contributed by atoms with Gasteiger partial charge in [0.05, 0.1) is 5.56 Å². The summed E-state index contributed by atoms with van der Waals surface area (Å²) in [5, 5.41) is 12.3. The summed E-state index contributed by atoms with van der Waals surface area (Å²) in [6, 6.07) is 5.97. The molecular formula is C18H22N4O. The number of hydrogen-bond acceptors (Lipinski definition) is 4. The highest BCUT2D eigenvalue weighted by Crippen LogP contribution is 2.30. The Bertz CT molecular complexity index is 609. The van der Waals surface area contributed by atoms with Gasteiger partial charge in [0.15, 0.2) is 0 Å². The fraction of sp³-hybridized carbons (Fsp3) is 0.500. The summed E-state index contributed by atoms with van der Waals surface area (Å²) in [7, 11) is 0. The summed E-state index contributed by atoms with van der Waals surface area (Å²) >= 11 is 0. The quantitative estimate of drug-likeness (QED) is 0.868. The first-order valence-corrected chi connectivity index (χ1v) is 8.32. The van der Waals surface area contributed by atoms with E-state index in [1.807, 2.05) is 11.0 Å². The molecular weight excluding hydrogens is 288 g/mol. The van der Waals surface area contributed by atoms with Gasteiger partial charge in [-0.3, -0.25) is 4.79 Å². The monoisotopic (exact) mass is 310 g/mol. The van der Waals surface area contributed by atoms with E-state index >= 15 is 0 Å². The van der Waals surface area contributed by atoms with Gasteiger partial charge < -0.3 is 10.2 Å². The molecule has 0 bridgehead atoms. The maximum Gasteiger partial charge on any atom is 0.223 e. The van der Waals surface area contributed by atoms with E-state index in [1.54, 1.807) is 12.3 Å². The first kappa shape index (κ1) is 15.5. The van der Waals surface area contributed by atoms with E-state index in [9.17, 15) is 4.79 Å². The van der Waals surface area contributed by atoms with Crippen LogP contribution in [0.1, 0.15) is 37.7 Å². The molecule has 1 aliphatic carbocycles. The Labute approximate surface area is 137 Å². The van der Waals surface area contributed by atoms with Gasteiger partial charge in [-0.15, -0.1) is 0 Å². The van der Waals surface area contributed by atoms with Gasteiger partial charge in [0.1, 0.15) is 11.9 Å². The van der Waals surface area contributed by atoms with E-state index < -0.39 is 0 Å². The third kappa shape index (κ3) is 3.89. The van der Waals surface area contributed by atoms with Crippen molar-refractivity contribution in [3.05, 3.63) is 36.0 Å². The number of nitrogens with one attached hydrogen (secondary N) is 1. The molecule has 5 heteroatoms. The number of pyridine rings is 1. The fourth-order valence-electron chi connectivity index (χ4n) is 3.41. The van der Waals surface area contributed by atoms with E-state index in [0.29, 0.717) is 17.9 Å². The van der Waals surface area contributed by atoms with Gasteiger partial charge in [0, 0.05) is 31.7 Å². The van der Waals surface area contributed by atoms with E-state index in [-0.39, 0.29) is 11.9 Å². The molecule has 3 rings (SSSR count). The maximum absolute atomic E-state index is 12.4. The van der Waals surface area contributed by atoms with Crippen molar-refractivity contribution in [3.63, 3.8) is 0 Å². The van der Waals surface area contributed by atoms with Crippen LogP contribution in [0.2, 0.25) is 0 Å². The molecule has 2 aliphatic rings. The summed E-state index contributed by atoms with van der Waals surface area (Å²) in [5.41, 5.74) is 0.562. The zero-order valence-corrected chi connectivity index (χ0v) is 13.2. The standard InChI is InChI=1S/C18H22N4O/c19-12-14-7-8-17(20-13-14)21-16-6-2-1-5-15(16)11-18(23)22-9-3-4-10-22/h3-4,7-8,13,15-16H,1-2,5-6,9-11H2,(H,20,21)/t15-,16-/m0/s1. The second-order valence-electron chi connectivity index (χ2n) is 6.31. The molecule has 120 valence electrons. The number of aromatic nitrogens is 1. The molecule has 23 heavy (non-hydrogen) atoms. The van der Waals surface area contributed by atoms with E-state index in [1.165, 1.54) is 12.8 Å². The smallest absolute Gasteiger partial charge is 0.223 e. The van der Waals surface area contributed by atoms with Crippen LogP contribution in [-0.4, -0.2) is 34.9 Å². The molecule has 0 radical (unpaired) electrons. The Morgan fingerprint density at radius 3 is 2.78 bits per heavy atom. The van der Waals surface area contributed by atoms with Crippen molar-refractivity contribution < 1.29 is 4.79 Å². The molecule has 1 fully saturated rings. The van der Waals surface area contributed by atoms with Gasteiger partial charge in [-0.1, -0.05) is 25.0 Å². The van der Waals surface area contributed by atoms with Crippen LogP contribution >= 0.6 is 0 Å². The summed E-state index contributed by atoms with van der Waals surface area (Å²) in [6.07, 6.45) is 10.8. The summed E-state index contributed by atoms with van der Waals surface area (Å²) in [5.74, 6) is 1.40. The first-order chi connectivity index (χ1) is 11.3. The number of nitriles is 1. The number of rotatable bonds is 4. The molecule has 2 atom stereocenters. The van der Waals surface area contributed by atoms with Crippen molar-refractivity contribution in [3.8, 4) is 6.07 Å². The Balaban J connectivity index is 1.61. The molecule has 1 N–H and O–H groups in total. The molecule has 5 nitrogen and oxygen atoms in total. The predicted molar refractivity (Wildman–Crippen MR) is 88.7 cm³/mol. The molecule has 0 unspecified atom stereocenters. The van der Waals surface area contributed by atoms with Gasteiger partial charge in [-0.2, -0.15) is 5.26 Å². The normalized spacial score (nSPS) is 23.5. The van der Waals surface area contributed by atoms with Crippen molar-refractivity contribution in [2.75, 3.05) is 18.4 Å². The lowest BCUT2D eigenvalue weighted by Gasteiger charge is -2.33. The first-order valence-electron chi connectivity index (χ1n) is 8.32. The summed E-state index contributed by atoms with van der Waals surface area (Å²) in [6.45, 7) is 1.50. The van der Waals surface area contributed by atoms with Gasteiger partial charge in [0.2, 0.25) is 5.91 Å². The van der Waals surface area contributed by atoms with Gasteiger partial charge >= 0.3 is 0 Å². The molecule has 1 saturated carbocycles. The van der Waals surface area contributed by atoms with E-state index in [2.05, 4.69) is 28.5 Å². The minimum atomic E-state index is 0.251. The number of carbonyl (C=O) groups excluding carboxylic acids is 1. The Kier molecular flexibility index (Phi) is 4.92. The molecule has 1 aromatic rings. The van der Waals surface area contributed by atoms with Crippen molar-refractivity contribution >= 4 is 11.7 Å². The third-order valence-electron chi connectivity index (χ3n) is 4.74. The molecule has 0 spiro atoms. The fourth-order valence-corrected chi connectivity index (χ4v) is 3.41. The molecule has 2 heterocycles. The zero-order valence-electron chi connectivity index (χ0n) is 13.2. The molecule has 1 amide bonds. The topological polar surface area (TPSA) is 69.0 Å². The average Bonchev–Trinajstić information content (AvgIpc) is 3.12.